The minimum Gasteiger partial charge on any atom is -0.493 e. The van der Waals surface area contributed by atoms with E-state index in [2.05, 4.69) is 17.4 Å². The van der Waals surface area contributed by atoms with Crippen molar-refractivity contribution in [3.05, 3.63) is 90.0 Å². The molecule has 5 nitrogen and oxygen atoms in total. The molecule has 0 aliphatic rings. The smallest absolute Gasteiger partial charge is 0.255 e. The standard InChI is InChI=1S/C24H24N2O3/c1-18(27)26(2)22-12-7-11-21(17-22)25-24(28)20-10-6-13-23(16-20)29-15-14-19-8-4-3-5-9-19/h3-13,16-17H,14-15H2,1-2H3,(H,25,28). The van der Waals surface area contributed by atoms with Gasteiger partial charge in [-0.25, -0.2) is 0 Å². The number of ether oxygens (including phenoxy) is 1. The summed E-state index contributed by atoms with van der Waals surface area (Å²) in [5.41, 5.74) is 3.05. The van der Waals surface area contributed by atoms with Crippen molar-refractivity contribution < 1.29 is 14.3 Å². The number of carbonyl (C=O) groups excluding carboxylic acids is 2. The number of rotatable bonds is 7. The van der Waals surface area contributed by atoms with Crippen LogP contribution in [0.3, 0.4) is 0 Å². The summed E-state index contributed by atoms with van der Waals surface area (Å²) in [6.07, 6.45) is 0.799. The summed E-state index contributed by atoms with van der Waals surface area (Å²) in [6.45, 7) is 2.03. The van der Waals surface area contributed by atoms with Gasteiger partial charge < -0.3 is 15.0 Å². The fourth-order valence-electron chi connectivity index (χ4n) is 2.84. The molecule has 0 saturated carbocycles. The van der Waals surface area contributed by atoms with E-state index in [4.69, 9.17) is 4.74 Å². The normalized spacial score (nSPS) is 10.3. The molecule has 0 spiro atoms. The molecule has 0 heterocycles. The van der Waals surface area contributed by atoms with Gasteiger partial charge >= 0.3 is 0 Å². The van der Waals surface area contributed by atoms with Gasteiger partial charge in [-0.15, -0.1) is 0 Å². The maximum atomic E-state index is 12.6. The Morgan fingerprint density at radius 2 is 1.69 bits per heavy atom. The number of anilines is 2. The largest absolute Gasteiger partial charge is 0.493 e. The Labute approximate surface area is 170 Å². The van der Waals surface area contributed by atoms with Gasteiger partial charge in [0.2, 0.25) is 5.91 Å². The molecule has 0 fully saturated rings. The summed E-state index contributed by atoms with van der Waals surface area (Å²) in [7, 11) is 1.69. The lowest BCUT2D eigenvalue weighted by Gasteiger charge is -2.16. The Hall–Kier alpha value is -3.60. The fraction of sp³-hybridized carbons (Fsp3) is 0.167. The molecule has 0 atom stereocenters. The second-order valence-electron chi connectivity index (χ2n) is 6.69. The van der Waals surface area contributed by atoms with E-state index in [9.17, 15) is 9.59 Å². The molecule has 0 unspecified atom stereocenters. The molecule has 0 aliphatic heterocycles. The van der Waals surface area contributed by atoms with Crippen LogP contribution in [0.5, 0.6) is 5.75 Å². The number of hydrogen-bond acceptors (Lipinski definition) is 3. The molecule has 3 aromatic rings. The summed E-state index contributed by atoms with van der Waals surface area (Å²) in [5, 5.41) is 2.87. The lowest BCUT2D eigenvalue weighted by atomic mass is 10.1. The quantitative estimate of drug-likeness (QED) is 0.646. The average molecular weight is 388 g/mol. The summed E-state index contributed by atoms with van der Waals surface area (Å²) < 4.78 is 5.80. The van der Waals surface area contributed by atoms with Crippen LogP contribution < -0.4 is 15.0 Å². The molecule has 29 heavy (non-hydrogen) atoms. The zero-order chi connectivity index (χ0) is 20.6. The Bertz CT molecular complexity index is 986. The predicted molar refractivity (Wildman–Crippen MR) is 116 cm³/mol. The zero-order valence-corrected chi connectivity index (χ0v) is 16.6. The SMILES string of the molecule is CC(=O)N(C)c1cccc(NC(=O)c2cccc(OCCc3ccccc3)c2)c1. The zero-order valence-electron chi connectivity index (χ0n) is 16.6. The number of hydrogen-bond donors (Lipinski definition) is 1. The van der Waals surface area contributed by atoms with Crippen LogP contribution in [0.15, 0.2) is 78.9 Å². The molecule has 0 radical (unpaired) electrons. The molecule has 3 aromatic carbocycles. The van der Waals surface area contributed by atoms with E-state index in [-0.39, 0.29) is 11.8 Å². The van der Waals surface area contributed by atoms with Crippen LogP contribution in [-0.2, 0) is 11.2 Å². The third-order valence-corrected chi connectivity index (χ3v) is 4.56. The Morgan fingerprint density at radius 3 is 2.45 bits per heavy atom. The molecule has 0 aliphatic carbocycles. The second-order valence-corrected chi connectivity index (χ2v) is 6.69. The summed E-state index contributed by atoms with van der Waals surface area (Å²) >= 11 is 0. The van der Waals surface area contributed by atoms with E-state index in [0.29, 0.717) is 29.3 Å². The molecule has 0 aromatic heterocycles. The van der Waals surface area contributed by atoms with Gasteiger partial charge in [0.1, 0.15) is 5.75 Å². The Kier molecular flexibility index (Phi) is 6.63. The van der Waals surface area contributed by atoms with Crippen LogP contribution in [0.2, 0.25) is 0 Å². The van der Waals surface area contributed by atoms with Crippen LogP contribution >= 0.6 is 0 Å². The first-order valence-electron chi connectivity index (χ1n) is 9.45. The second kappa shape index (κ2) is 9.55. The summed E-state index contributed by atoms with van der Waals surface area (Å²) in [5.74, 6) is 0.341. The monoisotopic (exact) mass is 388 g/mol. The Balaban J connectivity index is 1.62. The molecule has 0 bridgehead atoms. The van der Waals surface area contributed by atoms with Crippen LogP contribution in [0.4, 0.5) is 11.4 Å². The molecule has 2 amide bonds. The third-order valence-electron chi connectivity index (χ3n) is 4.56. The van der Waals surface area contributed by atoms with Gasteiger partial charge in [0, 0.05) is 37.3 Å². The van der Waals surface area contributed by atoms with Crippen molar-refractivity contribution in [1.29, 1.82) is 0 Å². The molecule has 1 N–H and O–H groups in total. The predicted octanol–water partition coefficient (Wildman–Crippen LogP) is 4.54. The van der Waals surface area contributed by atoms with Gasteiger partial charge in [-0.3, -0.25) is 9.59 Å². The number of amides is 2. The van der Waals surface area contributed by atoms with Crippen molar-refractivity contribution in [2.45, 2.75) is 13.3 Å². The van der Waals surface area contributed by atoms with Gasteiger partial charge in [-0.05, 0) is 42.0 Å². The number of carbonyl (C=O) groups is 2. The maximum absolute atomic E-state index is 12.6. The highest BCUT2D eigenvalue weighted by atomic mass is 16.5. The molecule has 5 heteroatoms. The van der Waals surface area contributed by atoms with Crippen molar-refractivity contribution in [3.63, 3.8) is 0 Å². The number of nitrogens with zero attached hydrogens (tertiary/aromatic N) is 1. The van der Waals surface area contributed by atoms with E-state index in [0.717, 1.165) is 6.42 Å². The number of benzene rings is 3. The summed E-state index contributed by atoms with van der Waals surface area (Å²) in [4.78, 5) is 25.7. The van der Waals surface area contributed by atoms with Crippen LogP contribution in [0, 0.1) is 0 Å². The third kappa shape index (κ3) is 5.69. The number of nitrogens with one attached hydrogen (secondary N) is 1. The van der Waals surface area contributed by atoms with Crippen molar-refractivity contribution in [1.82, 2.24) is 0 Å². The molecule has 3 rings (SSSR count). The van der Waals surface area contributed by atoms with Crippen LogP contribution in [-0.4, -0.2) is 25.5 Å². The fourth-order valence-corrected chi connectivity index (χ4v) is 2.84. The van der Waals surface area contributed by atoms with Crippen molar-refractivity contribution in [2.24, 2.45) is 0 Å². The highest BCUT2D eigenvalue weighted by molar-refractivity contribution is 6.05. The molecular formula is C24H24N2O3. The minimum atomic E-state index is -0.235. The highest BCUT2D eigenvalue weighted by Gasteiger charge is 2.10. The van der Waals surface area contributed by atoms with Gasteiger partial charge in [-0.2, -0.15) is 0 Å². The lowest BCUT2D eigenvalue weighted by Crippen LogP contribution is -2.23. The molecule has 148 valence electrons. The van der Waals surface area contributed by atoms with Crippen LogP contribution in [0.25, 0.3) is 0 Å². The molecule has 0 saturated heterocycles. The average Bonchev–Trinajstić information content (AvgIpc) is 2.74. The first kappa shape index (κ1) is 20.1. The van der Waals surface area contributed by atoms with Crippen molar-refractivity contribution in [3.8, 4) is 5.75 Å². The van der Waals surface area contributed by atoms with E-state index in [1.54, 1.807) is 43.4 Å². The van der Waals surface area contributed by atoms with E-state index < -0.39 is 0 Å². The van der Waals surface area contributed by atoms with Crippen LogP contribution in [0.1, 0.15) is 22.8 Å². The van der Waals surface area contributed by atoms with Crippen molar-refractivity contribution in [2.75, 3.05) is 23.9 Å². The van der Waals surface area contributed by atoms with Gasteiger partial charge in [0.05, 0.1) is 6.61 Å². The highest BCUT2D eigenvalue weighted by Crippen LogP contribution is 2.20. The first-order valence-corrected chi connectivity index (χ1v) is 9.45. The summed E-state index contributed by atoms with van der Waals surface area (Å²) in [6, 6.07) is 24.4. The van der Waals surface area contributed by atoms with E-state index >= 15 is 0 Å². The lowest BCUT2D eigenvalue weighted by molar-refractivity contribution is -0.116. The van der Waals surface area contributed by atoms with E-state index in [1.165, 1.54) is 17.4 Å². The Morgan fingerprint density at radius 1 is 0.931 bits per heavy atom. The molecular weight excluding hydrogens is 364 g/mol. The van der Waals surface area contributed by atoms with Gasteiger partial charge in [-0.1, -0.05) is 42.5 Å². The van der Waals surface area contributed by atoms with E-state index in [1.807, 2.05) is 30.3 Å². The van der Waals surface area contributed by atoms with Gasteiger partial charge in [0.15, 0.2) is 0 Å². The van der Waals surface area contributed by atoms with Gasteiger partial charge in [0.25, 0.3) is 5.91 Å². The first-order chi connectivity index (χ1) is 14.0. The topological polar surface area (TPSA) is 58.6 Å². The maximum Gasteiger partial charge on any atom is 0.255 e. The van der Waals surface area contributed by atoms with Crippen molar-refractivity contribution >= 4 is 23.2 Å². The minimum absolute atomic E-state index is 0.0752.